The largest absolute Gasteiger partial charge is 0.494 e. The average molecular weight is 507 g/mol. The van der Waals surface area contributed by atoms with Crippen molar-refractivity contribution in [3.8, 4) is 5.75 Å². The van der Waals surface area contributed by atoms with E-state index in [1.54, 1.807) is 12.1 Å². The number of pyridine rings is 1. The smallest absolute Gasteiger partial charge is 0.283 e. The zero-order valence-electron chi connectivity index (χ0n) is 19.8. The summed E-state index contributed by atoms with van der Waals surface area (Å²) >= 11 is 6.50. The highest BCUT2D eigenvalue weighted by Crippen LogP contribution is 2.25. The van der Waals surface area contributed by atoms with Gasteiger partial charge >= 0.3 is 0 Å². The number of amides is 1. The van der Waals surface area contributed by atoms with Gasteiger partial charge in [0.05, 0.1) is 18.9 Å². The summed E-state index contributed by atoms with van der Waals surface area (Å²) in [6.07, 6.45) is 4.20. The molecule has 0 bridgehead atoms. The van der Waals surface area contributed by atoms with E-state index in [1.165, 1.54) is 6.07 Å². The Balaban J connectivity index is 1.81. The molecule has 3 rings (SSSR count). The minimum Gasteiger partial charge on any atom is -0.494 e. The number of imidazole rings is 1. The number of benzene rings is 1. The number of unbranched alkanes of at least 4 members (excludes halogenated alkanes) is 3. The SMILES string of the molecule is CCCCCS(=O)(=O)NC(=O)c1ccc2nc(C)n(Cc3ccc(OCCCC)cc3Cl)c2n1. The number of aromatic nitrogens is 3. The number of carbonyl (C=O) groups is 1. The van der Waals surface area contributed by atoms with Gasteiger partial charge in [-0.05, 0) is 49.6 Å². The molecule has 0 aliphatic heterocycles. The van der Waals surface area contributed by atoms with Crippen LogP contribution in [0, 0.1) is 6.92 Å². The van der Waals surface area contributed by atoms with Gasteiger partial charge in [-0.1, -0.05) is 50.8 Å². The Bertz CT molecular complexity index is 1260. The monoisotopic (exact) mass is 506 g/mol. The molecule has 1 N–H and O–H groups in total. The highest BCUT2D eigenvalue weighted by Gasteiger charge is 2.19. The van der Waals surface area contributed by atoms with Crippen LogP contribution in [0.4, 0.5) is 0 Å². The molecule has 10 heteroatoms. The number of hydrogen-bond acceptors (Lipinski definition) is 6. The maximum atomic E-state index is 12.6. The molecule has 3 aromatic rings. The molecule has 2 aromatic heterocycles. The van der Waals surface area contributed by atoms with E-state index < -0.39 is 15.9 Å². The molecule has 184 valence electrons. The van der Waals surface area contributed by atoms with Crippen LogP contribution in [-0.4, -0.2) is 41.2 Å². The van der Waals surface area contributed by atoms with Crippen molar-refractivity contribution in [2.75, 3.05) is 12.4 Å². The predicted octanol–water partition coefficient (Wildman–Crippen LogP) is 4.87. The number of aryl methyl sites for hydroxylation is 1. The Kier molecular flexibility index (Phi) is 8.90. The Morgan fingerprint density at radius 2 is 1.85 bits per heavy atom. The fraction of sp³-hybridized carbons (Fsp3) is 0.458. The number of sulfonamides is 1. The van der Waals surface area contributed by atoms with Crippen LogP contribution in [-0.2, 0) is 16.6 Å². The van der Waals surface area contributed by atoms with Gasteiger partial charge in [0.1, 0.15) is 22.8 Å². The van der Waals surface area contributed by atoms with Crippen molar-refractivity contribution in [2.24, 2.45) is 0 Å². The minimum atomic E-state index is -3.72. The van der Waals surface area contributed by atoms with Crippen molar-refractivity contribution in [1.29, 1.82) is 0 Å². The van der Waals surface area contributed by atoms with Gasteiger partial charge < -0.3 is 9.30 Å². The maximum absolute atomic E-state index is 12.6. The second kappa shape index (κ2) is 11.7. The van der Waals surface area contributed by atoms with E-state index in [9.17, 15) is 13.2 Å². The van der Waals surface area contributed by atoms with E-state index >= 15 is 0 Å². The lowest BCUT2D eigenvalue weighted by molar-refractivity contribution is 0.0977. The summed E-state index contributed by atoms with van der Waals surface area (Å²) in [7, 11) is -3.72. The number of rotatable bonds is 12. The fourth-order valence-electron chi connectivity index (χ4n) is 3.47. The van der Waals surface area contributed by atoms with Crippen LogP contribution in [0.5, 0.6) is 5.75 Å². The quantitative estimate of drug-likeness (QED) is 0.351. The van der Waals surface area contributed by atoms with Gasteiger partial charge in [-0.25, -0.2) is 23.1 Å². The molecule has 0 fully saturated rings. The van der Waals surface area contributed by atoms with Crippen LogP contribution in [0.2, 0.25) is 5.02 Å². The molecule has 1 amide bonds. The predicted molar refractivity (Wildman–Crippen MR) is 134 cm³/mol. The van der Waals surface area contributed by atoms with E-state index in [0.717, 1.165) is 31.2 Å². The molecule has 0 saturated carbocycles. The third-order valence-corrected chi connectivity index (χ3v) is 7.07. The first-order valence-corrected chi connectivity index (χ1v) is 13.6. The lowest BCUT2D eigenvalue weighted by Gasteiger charge is -2.11. The first kappa shape index (κ1) is 26.0. The molecule has 0 unspecified atom stereocenters. The van der Waals surface area contributed by atoms with Crippen molar-refractivity contribution < 1.29 is 17.9 Å². The van der Waals surface area contributed by atoms with Crippen LogP contribution < -0.4 is 9.46 Å². The van der Waals surface area contributed by atoms with Gasteiger partial charge in [-0.2, -0.15) is 0 Å². The molecule has 8 nitrogen and oxygen atoms in total. The molecule has 0 saturated heterocycles. The Morgan fingerprint density at radius 1 is 1.09 bits per heavy atom. The van der Waals surface area contributed by atoms with Gasteiger partial charge in [0, 0.05) is 5.02 Å². The normalized spacial score (nSPS) is 11.6. The molecule has 2 heterocycles. The van der Waals surface area contributed by atoms with Crippen LogP contribution in [0.15, 0.2) is 30.3 Å². The Hall–Kier alpha value is -2.65. The molecular formula is C24H31ClN4O4S. The summed E-state index contributed by atoms with van der Waals surface area (Å²) in [4.78, 5) is 21.5. The fourth-order valence-corrected chi connectivity index (χ4v) is 4.77. The summed E-state index contributed by atoms with van der Waals surface area (Å²) in [5.41, 5.74) is 1.95. The van der Waals surface area contributed by atoms with Crippen LogP contribution in [0.3, 0.4) is 0 Å². The topological polar surface area (TPSA) is 103 Å². The lowest BCUT2D eigenvalue weighted by atomic mass is 10.2. The zero-order chi connectivity index (χ0) is 24.7. The Labute approximate surface area is 205 Å². The standard InChI is InChI=1S/C24H31ClN4O4S/c1-4-6-8-14-34(31,32)28-24(30)22-12-11-21-23(27-22)29(17(3)26-21)16-18-9-10-19(15-20(18)25)33-13-7-5-2/h9-12,15H,4-8,13-14,16H2,1-3H3,(H,28,30). The van der Waals surface area contributed by atoms with Crippen molar-refractivity contribution in [1.82, 2.24) is 19.3 Å². The molecule has 0 radical (unpaired) electrons. The summed E-state index contributed by atoms with van der Waals surface area (Å²) in [6.45, 7) is 6.96. The van der Waals surface area contributed by atoms with Crippen molar-refractivity contribution in [2.45, 2.75) is 59.4 Å². The number of fused-ring (bicyclic) bond motifs is 1. The van der Waals surface area contributed by atoms with Gasteiger partial charge in [-0.3, -0.25) is 4.79 Å². The summed E-state index contributed by atoms with van der Waals surface area (Å²) in [6, 6.07) is 8.70. The first-order chi connectivity index (χ1) is 16.2. The molecule has 34 heavy (non-hydrogen) atoms. The minimum absolute atomic E-state index is 0.0125. The zero-order valence-corrected chi connectivity index (χ0v) is 21.4. The van der Waals surface area contributed by atoms with E-state index in [0.29, 0.717) is 47.3 Å². The number of halogens is 1. The highest BCUT2D eigenvalue weighted by molar-refractivity contribution is 7.90. The van der Waals surface area contributed by atoms with E-state index in [-0.39, 0.29) is 11.4 Å². The number of ether oxygens (including phenoxy) is 1. The van der Waals surface area contributed by atoms with Crippen LogP contribution in [0.1, 0.15) is 67.8 Å². The van der Waals surface area contributed by atoms with Gasteiger partial charge in [0.25, 0.3) is 5.91 Å². The van der Waals surface area contributed by atoms with E-state index in [1.807, 2.05) is 30.5 Å². The van der Waals surface area contributed by atoms with Crippen molar-refractivity contribution in [3.05, 3.63) is 52.4 Å². The second-order valence-corrected chi connectivity index (χ2v) is 10.4. The summed E-state index contributed by atoms with van der Waals surface area (Å²) in [5, 5.41) is 0.558. The number of hydrogen-bond donors (Lipinski definition) is 1. The van der Waals surface area contributed by atoms with Gasteiger partial charge in [0.15, 0.2) is 5.65 Å². The van der Waals surface area contributed by atoms with Gasteiger partial charge in [-0.15, -0.1) is 0 Å². The van der Waals surface area contributed by atoms with Crippen LogP contribution in [0.25, 0.3) is 11.2 Å². The average Bonchev–Trinajstić information content (AvgIpc) is 3.09. The third kappa shape index (κ3) is 6.70. The molecule has 0 aliphatic rings. The maximum Gasteiger partial charge on any atom is 0.283 e. The lowest BCUT2D eigenvalue weighted by Crippen LogP contribution is -2.33. The molecule has 0 aliphatic carbocycles. The van der Waals surface area contributed by atoms with Crippen molar-refractivity contribution >= 4 is 38.7 Å². The number of nitrogens with zero attached hydrogens (tertiary/aromatic N) is 3. The van der Waals surface area contributed by atoms with Crippen LogP contribution >= 0.6 is 11.6 Å². The second-order valence-electron chi connectivity index (χ2n) is 8.20. The van der Waals surface area contributed by atoms with Crippen molar-refractivity contribution in [3.63, 3.8) is 0 Å². The van der Waals surface area contributed by atoms with E-state index in [4.69, 9.17) is 16.3 Å². The number of carbonyl (C=O) groups excluding carboxylic acids is 1. The third-order valence-electron chi connectivity index (χ3n) is 5.40. The summed E-state index contributed by atoms with van der Waals surface area (Å²) in [5.74, 6) is 0.566. The summed E-state index contributed by atoms with van der Waals surface area (Å²) < 4.78 is 34.1. The molecule has 0 spiro atoms. The highest BCUT2D eigenvalue weighted by atomic mass is 35.5. The number of nitrogens with one attached hydrogen (secondary N) is 1. The molecular weight excluding hydrogens is 476 g/mol. The van der Waals surface area contributed by atoms with E-state index in [2.05, 4.69) is 21.6 Å². The van der Waals surface area contributed by atoms with Gasteiger partial charge in [0.2, 0.25) is 10.0 Å². The first-order valence-electron chi connectivity index (χ1n) is 11.5. The molecule has 0 atom stereocenters. The Morgan fingerprint density at radius 3 is 2.56 bits per heavy atom. The molecule has 1 aromatic carbocycles.